The Hall–Kier alpha value is -3.00. The first-order valence-corrected chi connectivity index (χ1v) is 8.64. The standard InChI is InChI=1S/C18H21N5O3/c1-3-4-9-22-13(11-5-7-12(24)8-6-11)10-23-14-15(19-17(22)23)21(2)18(26)20-16(14)25/h5-8,10,18,24,26H,3-4,9H2,1-2H3,(H,20,25). The summed E-state index contributed by atoms with van der Waals surface area (Å²) in [5.41, 5.74) is 2.26. The number of aromatic nitrogens is 3. The molecule has 0 saturated carbocycles. The molecule has 0 spiro atoms. The number of phenols is 1. The fourth-order valence-electron chi connectivity index (χ4n) is 3.28. The van der Waals surface area contributed by atoms with Crippen molar-refractivity contribution in [2.24, 2.45) is 0 Å². The number of imidazole rings is 2. The summed E-state index contributed by atoms with van der Waals surface area (Å²) >= 11 is 0. The number of hydrogen-bond donors (Lipinski definition) is 3. The molecule has 0 saturated heterocycles. The second-order valence-corrected chi connectivity index (χ2v) is 6.48. The Balaban J connectivity index is 1.93. The van der Waals surface area contributed by atoms with E-state index in [1.807, 2.05) is 18.3 Å². The molecule has 1 unspecified atom stereocenters. The maximum atomic E-state index is 12.4. The number of unbranched alkanes of at least 4 members (excludes halogenated alkanes) is 1. The average molecular weight is 355 g/mol. The third-order valence-electron chi connectivity index (χ3n) is 4.73. The van der Waals surface area contributed by atoms with E-state index in [0.717, 1.165) is 30.6 Å². The molecule has 3 N–H and O–H groups in total. The van der Waals surface area contributed by atoms with Gasteiger partial charge in [0.1, 0.15) is 5.75 Å². The van der Waals surface area contributed by atoms with Gasteiger partial charge in [-0.2, -0.15) is 4.98 Å². The van der Waals surface area contributed by atoms with Gasteiger partial charge in [0.05, 0.1) is 5.69 Å². The zero-order valence-corrected chi connectivity index (χ0v) is 14.7. The van der Waals surface area contributed by atoms with Crippen molar-refractivity contribution in [1.29, 1.82) is 0 Å². The van der Waals surface area contributed by atoms with Crippen LogP contribution < -0.4 is 10.2 Å². The number of hydrogen-bond acceptors (Lipinski definition) is 5. The highest BCUT2D eigenvalue weighted by Gasteiger charge is 2.33. The van der Waals surface area contributed by atoms with Crippen LogP contribution in [0.25, 0.3) is 17.0 Å². The number of phenolic OH excluding ortho intramolecular Hbond substituents is 1. The SMILES string of the molecule is CCCCn1c(-c2ccc(O)cc2)cn2c3c(nc12)N(C)C(O)NC3=O. The zero-order chi connectivity index (χ0) is 18.4. The van der Waals surface area contributed by atoms with Crippen LogP contribution in [0.15, 0.2) is 30.5 Å². The summed E-state index contributed by atoms with van der Waals surface area (Å²) in [7, 11) is 1.69. The van der Waals surface area contributed by atoms with Crippen molar-refractivity contribution in [3.05, 3.63) is 36.2 Å². The molecule has 3 heterocycles. The van der Waals surface area contributed by atoms with E-state index in [1.165, 1.54) is 4.90 Å². The number of rotatable bonds is 4. The third-order valence-corrected chi connectivity index (χ3v) is 4.73. The van der Waals surface area contributed by atoms with Crippen LogP contribution in [0.3, 0.4) is 0 Å². The van der Waals surface area contributed by atoms with Gasteiger partial charge in [0.25, 0.3) is 5.91 Å². The molecule has 1 atom stereocenters. The lowest BCUT2D eigenvalue weighted by Crippen LogP contribution is -2.51. The van der Waals surface area contributed by atoms with Crippen molar-refractivity contribution >= 4 is 17.5 Å². The number of fused-ring (bicyclic) bond motifs is 3. The number of aryl methyl sites for hydroxylation is 1. The number of aliphatic hydroxyl groups is 1. The maximum Gasteiger partial charge on any atom is 0.275 e. The Labute approximate surface area is 150 Å². The first-order valence-electron chi connectivity index (χ1n) is 8.64. The molecule has 1 aliphatic heterocycles. The van der Waals surface area contributed by atoms with Crippen molar-refractivity contribution < 1.29 is 15.0 Å². The number of aliphatic hydroxyl groups excluding tert-OH is 1. The molecule has 0 fully saturated rings. The van der Waals surface area contributed by atoms with Gasteiger partial charge in [-0.3, -0.25) is 9.20 Å². The van der Waals surface area contributed by atoms with Gasteiger partial charge in [-0.15, -0.1) is 0 Å². The Morgan fingerprint density at radius 2 is 2.00 bits per heavy atom. The molecule has 1 amide bonds. The minimum Gasteiger partial charge on any atom is -0.508 e. The van der Waals surface area contributed by atoms with Gasteiger partial charge >= 0.3 is 0 Å². The third kappa shape index (κ3) is 2.41. The van der Waals surface area contributed by atoms with Crippen LogP contribution in [0.2, 0.25) is 0 Å². The van der Waals surface area contributed by atoms with Crippen LogP contribution in [-0.4, -0.2) is 43.5 Å². The molecule has 0 aliphatic carbocycles. The topological polar surface area (TPSA) is 95.0 Å². The van der Waals surface area contributed by atoms with E-state index in [4.69, 9.17) is 0 Å². The second-order valence-electron chi connectivity index (χ2n) is 6.48. The number of anilines is 1. The minimum atomic E-state index is -1.09. The van der Waals surface area contributed by atoms with Crippen molar-refractivity contribution in [3.8, 4) is 17.0 Å². The molecule has 136 valence electrons. The summed E-state index contributed by atoms with van der Waals surface area (Å²) in [6.45, 7) is 2.88. The summed E-state index contributed by atoms with van der Waals surface area (Å²) in [6, 6.07) is 6.97. The van der Waals surface area contributed by atoms with Crippen LogP contribution in [0, 0.1) is 0 Å². The van der Waals surface area contributed by atoms with Crippen LogP contribution in [0.5, 0.6) is 5.75 Å². The smallest absolute Gasteiger partial charge is 0.275 e. The average Bonchev–Trinajstić information content (AvgIpc) is 3.15. The molecule has 4 rings (SSSR count). The normalized spacial score (nSPS) is 16.8. The van der Waals surface area contributed by atoms with E-state index in [1.54, 1.807) is 23.6 Å². The summed E-state index contributed by atoms with van der Waals surface area (Å²) in [5, 5.41) is 22.0. The van der Waals surface area contributed by atoms with Gasteiger partial charge in [0.15, 0.2) is 11.5 Å². The largest absolute Gasteiger partial charge is 0.508 e. The van der Waals surface area contributed by atoms with Gasteiger partial charge < -0.3 is 25.0 Å². The summed E-state index contributed by atoms with van der Waals surface area (Å²) in [5.74, 6) is 0.960. The molecular formula is C18H21N5O3. The van der Waals surface area contributed by atoms with Gasteiger partial charge in [-0.05, 0) is 30.7 Å². The number of aromatic hydroxyl groups is 1. The van der Waals surface area contributed by atoms with Crippen molar-refractivity contribution in [3.63, 3.8) is 0 Å². The molecule has 0 radical (unpaired) electrons. The Morgan fingerprint density at radius 3 is 2.69 bits per heavy atom. The summed E-state index contributed by atoms with van der Waals surface area (Å²) in [4.78, 5) is 18.6. The van der Waals surface area contributed by atoms with Crippen LogP contribution in [0.1, 0.15) is 30.3 Å². The Bertz CT molecular complexity index is 973. The maximum absolute atomic E-state index is 12.4. The van der Waals surface area contributed by atoms with Crippen LogP contribution >= 0.6 is 0 Å². The second kappa shape index (κ2) is 6.06. The van der Waals surface area contributed by atoms with E-state index < -0.39 is 6.35 Å². The molecule has 0 bridgehead atoms. The lowest BCUT2D eigenvalue weighted by Gasteiger charge is -2.29. The monoisotopic (exact) mass is 355 g/mol. The van der Waals surface area contributed by atoms with Crippen molar-refractivity contribution in [2.45, 2.75) is 32.7 Å². The first kappa shape index (κ1) is 16.5. The Kier molecular flexibility index (Phi) is 3.84. The van der Waals surface area contributed by atoms with E-state index in [-0.39, 0.29) is 11.7 Å². The lowest BCUT2D eigenvalue weighted by molar-refractivity contribution is 0.0749. The van der Waals surface area contributed by atoms with E-state index >= 15 is 0 Å². The number of carbonyl (C=O) groups excluding carboxylic acids is 1. The molecule has 8 heteroatoms. The van der Waals surface area contributed by atoms with Crippen LogP contribution in [-0.2, 0) is 6.54 Å². The fourth-order valence-corrected chi connectivity index (χ4v) is 3.28. The molecular weight excluding hydrogens is 334 g/mol. The van der Waals surface area contributed by atoms with Gasteiger partial charge in [0.2, 0.25) is 12.1 Å². The van der Waals surface area contributed by atoms with Crippen LogP contribution in [0.4, 0.5) is 5.82 Å². The van der Waals surface area contributed by atoms with Crippen molar-refractivity contribution in [2.75, 3.05) is 11.9 Å². The van der Waals surface area contributed by atoms with E-state index in [0.29, 0.717) is 17.3 Å². The lowest BCUT2D eigenvalue weighted by atomic mass is 10.1. The molecule has 26 heavy (non-hydrogen) atoms. The predicted molar refractivity (Wildman–Crippen MR) is 97.1 cm³/mol. The zero-order valence-electron chi connectivity index (χ0n) is 14.7. The molecule has 2 aromatic heterocycles. The fraction of sp³-hybridized carbons (Fsp3) is 0.333. The van der Waals surface area contributed by atoms with Gasteiger partial charge in [-0.25, -0.2) is 0 Å². The quantitative estimate of drug-likeness (QED) is 0.663. The van der Waals surface area contributed by atoms with E-state index in [2.05, 4.69) is 21.8 Å². The number of benzene rings is 1. The number of amides is 1. The molecule has 1 aliphatic rings. The van der Waals surface area contributed by atoms with Gasteiger partial charge in [0, 0.05) is 25.4 Å². The molecule has 3 aromatic rings. The highest BCUT2D eigenvalue weighted by molar-refractivity contribution is 6.00. The molecule has 8 nitrogen and oxygen atoms in total. The number of nitrogens with one attached hydrogen (secondary N) is 1. The molecule has 1 aromatic carbocycles. The first-order chi connectivity index (χ1) is 12.5. The summed E-state index contributed by atoms with van der Waals surface area (Å²) < 4.78 is 3.84. The van der Waals surface area contributed by atoms with Gasteiger partial charge in [-0.1, -0.05) is 13.3 Å². The predicted octanol–water partition coefficient (Wildman–Crippen LogP) is 1.76. The number of nitrogens with zero attached hydrogens (tertiary/aromatic N) is 4. The Morgan fingerprint density at radius 1 is 1.27 bits per heavy atom. The number of carbonyl (C=O) groups is 1. The highest BCUT2D eigenvalue weighted by Crippen LogP contribution is 2.31. The highest BCUT2D eigenvalue weighted by atomic mass is 16.3. The minimum absolute atomic E-state index is 0.206. The van der Waals surface area contributed by atoms with Crippen molar-refractivity contribution in [1.82, 2.24) is 19.3 Å². The summed E-state index contributed by atoms with van der Waals surface area (Å²) in [6.07, 6.45) is 2.79. The van der Waals surface area contributed by atoms with E-state index in [9.17, 15) is 15.0 Å².